The average molecular weight is 337 g/mol. The first kappa shape index (κ1) is 17.3. The quantitative estimate of drug-likeness (QED) is 0.766. The van der Waals surface area contributed by atoms with Gasteiger partial charge in [-0.2, -0.15) is 4.98 Å². The standard InChI is InChI=1S/C16H27N5O3/c1-3-14-17-15(24-18-14)4-5-16(23)21-10-12(13(22)11-21)20-8-6-19(2)7-9-20/h12-13,22H,3-11H2,1-2H3/t12-,13-/m1/s1. The Morgan fingerprint density at radius 1 is 1.29 bits per heavy atom. The number of nitrogens with zero attached hydrogens (tertiary/aromatic N) is 5. The fraction of sp³-hybridized carbons (Fsp3) is 0.812. The lowest BCUT2D eigenvalue weighted by molar-refractivity contribution is -0.130. The summed E-state index contributed by atoms with van der Waals surface area (Å²) in [6.07, 6.45) is 1.06. The minimum absolute atomic E-state index is 0.0434. The minimum Gasteiger partial charge on any atom is -0.390 e. The number of carbonyl (C=O) groups excluding carboxylic acids is 1. The molecule has 134 valence electrons. The molecule has 2 aliphatic heterocycles. The zero-order chi connectivity index (χ0) is 17.1. The summed E-state index contributed by atoms with van der Waals surface area (Å²) in [5.74, 6) is 1.22. The lowest BCUT2D eigenvalue weighted by Crippen LogP contribution is -2.52. The van der Waals surface area contributed by atoms with E-state index in [4.69, 9.17) is 4.52 Å². The first-order chi connectivity index (χ1) is 11.6. The van der Waals surface area contributed by atoms with Crippen LogP contribution in [0.15, 0.2) is 4.52 Å². The lowest BCUT2D eigenvalue weighted by atomic mass is 10.1. The van der Waals surface area contributed by atoms with Crippen LogP contribution in [0.4, 0.5) is 0 Å². The van der Waals surface area contributed by atoms with Gasteiger partial charge in [0.15, 0.2) is 5.82 Å². The van der Waals surface area contributed by atoms with Gasteiger partial charge in [0.1, 0.15) is 0 Å². The average Bonchev–Trinajstić information content (AvgIpc) is 3.20. The van der Waals surface area contributed by atoms with Crippen molar-refractivity contribution in [2.45, 2.75) is 38.3 Å². The summed E-state index contributed by atoms with van der Waals surface area (Å²) in [6.45, 7) is 6.89. The van der Waals surface area contributed by atoms with Crippen molar-refractivity contribution in [1.82, 2.24) is 24.8 Å². The molecule has 1 aromatic rings. The van der Waals surface area contributed by atoms with E-state index in [0.717, 1.165) is 32.6 Å². The fourth-order valence-corrected chi connectivity index (χ4v) is 3.39. The Labute approximate surface area is 142 Å². The molecular weight excluding hydrogens is 310 g/mol. The molecule has 0 radical (unpaired) electrons. The number of likely N-dealkylation sites (N-methyl/N-ethyl adjacent to an activating group) is 1. The number of carbonyl (C=O) groups is 1. The number of aliphatic hydroxyl groups is 1. The molecule has 0 aliphatic carbocycles. The molecule has 0 spiro atoms. The molecule has 24 heavy (non-hydrogen) atoms. The fourth-order valence-electron chi connectivity index (χ4n) is 3.39. The number of aromatic nitrogens is 2. The van der Waals surface area contributed by atoms with E-state index in [0.29, 0.717) is 37.6 Å². The summed E-state index contributed by atoms with van der Waals surface area (Å²) in [7, 11) is 2.11. The second-order valence-corrected chi connectivity index (χ2v) is 6.73. The highest BCUT2D eigenvalue weighted by molar-refractivity contribution is 5.76. The Hall–Kier alpha value is -1.51. The summed E-state index contributed by atoms with van der Waals surface area (Å²) in [5, 5.41) is 14.2. The van der Waals surface area contributed by atoms with E-state index in [1.54, 1.807) is 4.90 Å². The molecule has 1 N–H and O–H groups in total. The molecule has 0 bridgehead atoms. The highest BCUT2D eigenvalue weighted by Gasteiger charge is 2.38. The van der Waals surface area contributed by atoms with Crippen molar-refractivity contribution < 1.29 is 14.4 Å². The maximum Gasteiger partial charge on any atom is 0.227 e. The van der Waals surface area contributed by atoms with Crippen LogP contribution >= 0.6 is 0 Å². The van der Waals surface area contributed by atoms with Crippen LogP contribution in [0.2, 0.25) is 0 Å². The number of aliphatic hydroxyl groups excluding tert-OH is 1. The van der Waals surface area contributed by atoms with Crippen LogP contribution in [-0.2, 0) is 17.6 Å². The molecule has 1 aromatic heterocycles. The third-order valence-electron chi connectivity index (χ3n) is 5.00. The van der Waals surface area contributed by atoms with Gasteiger partial charge in [0.05, 0.1) is 12.1 Å². The Kier molecular flexibility index (Phi) is 5.47. The van der Waals surface area contributed by atoms with Gasteiger partial charge in [-0.25, -0.2) is 0 Å². The van der Waals surface area contributed by atoms with E-state index in [1.165, 1.54) is 0 Å². The maximum absolute atomic E-state index is 12.4. The largest absolute Gasteiger partial charge is 0.390 e. The summed E-state index contributed by atoms with van der Waals surface area (Å²) >= 11 is 0. The molecule has 0 aromatic carbocycles. The van der Waals surface area contributed by atoms with Gasteiger partial charge in [0.2, 0.25) is 11.8 Å². The minimum atomic E-state index is -0.465. The van der Waals surface area contributed by atoms with Gasteiger partial charge in [-0.05, 0) is 7.05 Å². The molecule has 3 heterocycles. The highest BCUT2D eigenvalue weighted by atomic mass is 16.5. The summed E-state index contributed by atoms with van der Waals surface area (Å²) in [5.41, 5.74) is 0. The summed E-state index contributed by atoms with van der Waals surface area (Å²) < 4.78 is 5.12. The molecule has 0 unspecified atom stereocenters. The molecule has 2 fully saturated rings. The molecule has 3 rings (SSSR count). The van der Waals surface area contributed by atoms with Crippen LogP contribution in [-0.4, -0.2) is 94.3 Å². The molecule has 2 atom stereocenters. The Bertz CT molecular complexity index is 556. The Morgan fingerprint density at radius 3 is 2.71 bits per heavy atom. The summed E-state index contributed by atoms with van der Waals surface area (Å²) in [6, 6.07) is 0.0535. The van der Waals surface area contributed by atoms with Crippen molar-refractivity contribution in [3.8, 4) is 0 Å². The molecule has 2 aliphatic rings. The molecule has 2 saturated heterocycles. The predicted molar refractivity (Wildman–Crippen MR) is 87.4 cm³/mol. The van der Waals surface area contributed by atoms with Gasteiger partial charge < -0.3 is 19.4 Å². The number of hydrogen-bond acceptors (Lipinski definition) is 7. The van der Waals surface area contributed by atoms with Crippen LogP contribution in [0.1, 0.15) is 25.1 Å². The summed E-state index contributed by atoms with van der Waals surface area (Å²) in [4.78, 5) is 23.0. The number of amides is 1. The number of β-amino-alcohol motifs (C(OH)–C–C–N with tert-alkyl or cyclic N) is 1. The number of rotatable bonds is 5. The van der Waals surface area contributed by atoms with Gasteiger partial charge in [-0.15, -0.1) is 0 Å². The Morgan fingerprint density at radius 2 is 2.04 bits per heavy atom. The van der Waals surface area contributed by atoms with Crippen molar-refractivity contribution in [2.75, 3.05) is 46.3 Å². The van der Waals surface area contributed by atoms with Crippen LogP contribution in [0.5, 0.6) is 0 Å². The van der Waals surface area contributed by atoms with Crippen molar-refractivity contribution in [2.24, 2.45) is 0 Å². The molecule has 8 nitrogen and oxygen atoms in total. The van der Waals surface area contributed by atoms with Crippen LogP contribution in [0.3, 0.4) is 0 Å². The van der Waals surface area contributed by atoms with E-state index in [-0.39, 0.29) is 11.9 Å². The van der Waals surface area contributed by atoms with Gasteiger partial charge in [-0.1, -0.05) is 12.1 Å². The van der Waals surface area contributed by atoms with Crippen molar-refractivity contribution >= 4 is 5.91 Å². The second kappa shape index (κ2) is 7.58. The molecule has 8 heteroatoms. The number of piperazine rings is 1. The van der Waals surface area contributed by atoms with Crippen molar-refractivity contribution in [1.29, 1.82) is 0 Å². The van der Waals surface area contributed by atoms with E-state index in [2.05, 4.69) is 27.0 Å². The SMILES string of the molecule is CCc1noc(CCC(=O)N2C[C@@H](O)[C@H](N3CCN(C)CC3)C2)n1. The Balaban J connectivity index is 1.49. The zero-order valence-corrected chi connectivity index (χ0v) is 14.5. The van der Waals surface area contributed by atoms with Gasteiger partial charge >= 0.3 is 0 Å². The van der Waals surface area contributed by atoms with Gasteiger partial charge in [0.25, 0.3) is 0 Å². The van der Waals surface area contributed by atoms with E-state index < -0.39 is 6.10 Å². The van der Waals surface area contributed by atoms with Crippen LogP contribution in [0, 0.1) is 0 Å². The van der Waals surface area contributed by atoms with Crippen molar-refractivity contribution in [3.05, 3.63) is 11.7 Å². The number of hydrogen-bond donors (Lipinski definition) is 1. The topological polar surface area (TPSA) is 85.9 Å². The monoisotopic (exact) mass is 337 g/mol. The zero-order valence-electron chi connectivity index (χ0n) is 14.5. The third kappa shape index (κ3) is 3.93. The normalized spacial score (nSPS) is 26.2. The first-order valence-electron chi connectivity index (χ1n) is 8.76. The number of aryl methyl sites for hydroxylation is 2. The smallest absolute Gasteiger partial charge is 0.227 e. The van der Waals surface area contributed by atoms with E-state index in [1.807, 2.05) is 6.92 Å². The molecule has 0 saturated carbocycles. The predicted octanol–water partition coefficient (Wildman–Crippen LogP) is -0.616. The molecular formula is C16H27N5O3. The van der Waals surface area contributed by atoms with Crippen LogP contribution < -0.4 is 0 Å². The molecule has 1 amide bonds. The highest BCUT2D eigenvalue weighted by Crippen LogP contribution is 2.19. The second-order valence-electron chi connectivity index (χ2n) is 6.73. The van der Waals surface area contributed by atoms with Crippen molar-refractivity contribution in [3.63, 3.8) is 0 Å². The van der Waals surface area contributed by atoms with Gasteiger partial charge in [-0.3, -0.25) is 9.69 Å². The maximum atomic E-state index is 12.4. The first-order valence-corrected chi connectivity index (χ1v) is 8.76. The van der Waals surface area contributed by atoms with Gasteiger partial charge in [0, 0.05) is 58.5 Å². The van der Waals surface area contributed by atoms with Crippen LogP contribution in [0.25, 0.3) is 0 Å². The van der Waals surface area contributed by atoms with E-state index in [9.17, 15) is 9.90 Å². The third-order valence-corrected chi connectivity index (χ3v) is 5.00. The lowest BCUT2D eigenvalue weighted by Gasteiger charge is -2.37. The van der Waals surface area contributed by atoms with E-state index >= 15 is 0 Å². The number of likely N-dealkylation sites (tertiary alicyclic amines) is 1.